The maximum Gasteiger partial charge on any atom is 0.433 e. The summed E-state index contributed by atoms with van der Waals surface area (Å²) in [7, 11) is 0. The largest absolute Gasteiger partial charge is 0.433 e. The fraction of sp³-hybridized carbons (Fsp3) is 0.333. The van der Waals surface area contributed by atoms with Crippen LogP contribution in [0.1, 0.15) is 31.1 Å². The van der Waals surface area contributed by atoms with Crippen LogP contribution in [0, 0.1) is 5.92 Å². The highest BCUT2D eigenvalue weighted by atomic mass is 35.5. The predicted molar refractivity (Wildman–Crippen MR) is 83.5 cm³/mol. The second-order valence-electron chi connectivity index (χ2n) is 5.40. The normalized spacial score (nSPS) is 13.2. The zero-order valence-corrected chi connectivity index (χ0v) is 13.3. The lowest BCUT2D eigenvalue weighted by Gasteiger charge is -2.20. The molecule has 0 aliphatic heterocycles. The van der Waals surface area contributed by atoms with Gasteiger partial charge in [0.2, 0.25) is 5.95 Å². The minimum Gasteiger partial charge on any atom is -0.324 e. The van der Waals surface area contributed by atoms with Gasteiger partial charge in [0.05, 0.1) is 0 Å². The van der Waals surface area contributed by atoms with Gasteiger partial charge in [-0.15, -0.1) is 0 Å². The number of nitrogens with one attached hydrogen (secondary N) is 1. The first-order valence-corrected chi connectivity index (χ1v) is 7.28. The summed E-state index contributed by atoms with van der Waals surface area (Å²) in [5.41, 5.74) is 5.18. The van der Waals surface area contributed by atoms with Crippen molar-refractivity contribution in [2.24, 2.45) is 11.7 Å². The quantitative estimate of drug-likeness (QED) is 0.854. The fourth-order valence-corrected chi connectivity index (χ4v) is 2.17. The molecule has 0 aliphatic carbocycles. The van der Waals surface area contributed by atoms with Gasteiger partial charge >= 0.3 is 6.18 Å². The number of benzene rings is 1. The molecular weight excluding hydrogens is 329 g/mol. The zero-order valence-electron chi connectivity index (χ0n) is 12.5. The molecule has 0 fully saturated rings. The van der Waals surface area contributed by atoms with Crippen LogP contribution in [0.15, 0.2) is 30.5 Å². The summed E-state index contributed by atoms with van der Waals surface area (Å²) in [5, 5.41) is 3.15. The summed E-state index contributed by atoms with van der Waals surface area (Å²) in [5.74, 6) is -0.342. The maximum absolute atomic E-state index is 13.3. The third-order valence-electron chi connectivity index (χ3n) is 3.24. The molecule has 0 radical (unpaired) electrons. The van der Waals surface area contributed by atoms with Gasteiger partial charge in [-0.1, -0.05) is 31.5 Å². The van der Waals surface area contributed by atoms with E-state index in [1.807, 2.05) is 0 Å². The summed E-state index contributed by atoms with van der Waals surface area (Å²) in [4.78, 5) is 7.54. The molecule has 8 heteroatoms. The van der Waals surface area contributed by atoms with Gasteiger partial charge in [0, 0.05) is 28.5 Å². The zero-order chi connectivity index (χ0) is 17.2. The van der Waals surface area contributed by atoms with Crippen LogP contribution in [0.25, 0.3) is 0 Å². The Hall–Kier alpha value is -1.86. The molecule has 0 saturated carbocycles. The minimum absolute atomic E-state index is 0.121. The smallest absolute Gasteiger partial charge is 0.324 e. The number of nitrogens with zero attached hydrogens (tertiary/aromatic N) is 2. The Morgan fingerprint density at radius 1 is 1.26 bits per heavy atom. The molecule has 0 saturated heterocycles. The predicted octanol–water partition coefficient (Wildman–Crippen LogP) is 4.55. The second kappa shape index (κ2) is 6.72. The first-order chi connectivity index (χ1) is 10.7. The van der Waals surface area contributed by atoms with Crippen LogP contribution in [0.2, 0.25) is 5.02 Å². The lowest BCUT2D eigenvalue weighted by molar-refractivity contribution is -0.142. The van der Waals surface area contributed by atoms with Crippen LogP contribution in [0.4, 0.5) is 24.8 Å². The van der Waals surface area contributed by atoms with E-state index in [0.717, 1.165) is 6.20 Å². The number of halogens is 4. The van der Waals surface area contributed by atoms with Crippen molar-refractivity contribution in [3.63, 3.8) is 0 Å². The van der Waals surface area contributed by atoms with E-state index >= 15 is 0 Å². The van der Waals surface area contributed by atoms with Gasteiger partial charge in [-0.05, 0) is 24.1 Å². The minimum atomic E-state index is -4.62. The van der Waals surface area contributed by atoms with Gasteiger partial charge < -0.3 is 11.1 Å². The van der Waals surface area contributed by atoms with Gasteiger partial charge in [-0.2, -0.15) is 13.2 Å². The molecule has 3 N–H and O–H groups in total. The van der Waals surface area contributed by atoms with Crippen molar-refractivity contribution in [1.29, 1.82) is 0 Å². The Bertz CT molecular complexity index is 689. The average Bonchev–Trinajstić information content (AvgIpc) is 2.45. The number of nitrogens with two attached hydrogens (primary N) is 1. The van der Waals surface area contributed by atoms with Crippen LogP contribution >= 0.6 is 11.6 Å². The lowest BCUT2D eigenvalue weighted by atomic mass is 9.97. The molecule has 2 aromatic rings. The van der Waals surface area contributed by atoms with E-state index in [1.54, 1.807) is 38.1 Å². The SMILES string of the molecule is CC(C)C(N)c1cnc(Nc2cccc(Cl)c2)nc1C(F)(F)F. The highest BCUT2D eigenvalue weighted by molar-refractivity contribution is 6.30. The summed E-state index contributed by atoms with van der Waals surface area (Å²) in [6, 6.07) is 5.73. The van der Waals surface area contributed by atoms with Crippen molar-refractivity contribution >= 4 is 23.2 Å². The van der Waals surface area contributed by atoms with Gasteiger partial charge in [0.1, 0.15) is 0 Å². The Morgan fingerprint density at radius 2 is 1.96 bits per heavy atom. The van der Waals surface area contributed by atoms with Crippen molar-refractivity contribution in [2.45, 2.75) is 26.1 Å². The Labute approximate surface area is 136 Å². The molecular formula is C15H16ClF3N4. The molecule has 0 spiro atoms. The summed E-state index contributed by atoms with van der Waals surface area (Å²) >= 11 is 5.84. The number of hydrogen-bond donors (Lipinski definition) is 2. The molecule has 4 nitrogen and oxygen atoms in total. The van der Waals surface area contributed by atoms with Crippen molar-refractivity contribution in [2.75, 3.05) is 5.32 Å². The van der Waals surface area contributed by atoms with E-state index in [0.29, 0.717) is 10.7 Å². The third kappa shape index (κ3) is 4.33. The molecule has 23 heavy (non-hydrogen) atoms. The number of anilines is 2. The topological polar surface area (TPSA) is 63.8 Å². The highest BCUT2D eigenvalue weighted by Crippen LogP contribution is 2.35. The molecule has 2 rings (SSSR count). The first kappa shape index (κ1) is 17.5. The standard InChI is InChI=1S/C15H16ClF3N4/c1-8(2)12(20)11-7-21-14(23-13(11)15(17,18)19)22-10-5-3-4-9(16)6-10/h3-8,12H,20H2,1-2H3,(H,21,22,23). The number of hydrogen-bond acceptors (Lipinski definition) is 4. The summed E-state index contributed by atoms with van der Waals surface area (Å²) < 4.78 is 39.8. The molecule has 0 bridgehead atoms. The lowest BCUT2D eigenvalue weighted by Crippen LogP contribution is -2.23. The van der Waals surface area contributed by atoms with E-state index in [-0.39, 0.29) is 17.4 Å². The number of rotatable bonds is 4. The molecule has 0 aliphatic rings. The van der Waals surface area contributed by atoms with Crippen molar-refractivity contribution in [1.82, 2.24) is 9.97 Å². The molecule has 0 amide bonds. The second-order valence-corrected chi connectivity index (χ2v) is 5.84. The molecule has 1 aromatic carbocycles. The van der Waals surface area contributed by atoms with Crippen LogP contribution < -0.4 is 11.1 Å². The van der Waals surface area contributed by atoms with Crippen LogP contribution in [0.5, 0.6) is 0 Å². The maximum atomic E-state index is 13.3. The van der Waals surface area contributed by atoms with E-state index in [4.69, 9.17) is 17.3 Å². The molecule has 124 valence electrons. The summed E-state index contributed by atoms with van der Waals surface area (Å²) in [6.07, 6.45) is -3.50. The van der Waals surface area contributed by atoms with Crippen molar-refractivity contribution < 1.29 is 13.2 Å². The number of alkyl halides is 3. The van der Waals surface area contributed by atoms with Gasteiger partial charge in [0.15, 0.2) is 5.69 Å². The first-order valence-electron chi connectivity index (χ1n) is 6.91. The fourth-order valence-electron chi connectivity index (χ4n) is 1.98. The average molecular weight is 345 g/mol. The summed E-state index contributed by atoms with van der Waals surface area (Å²) in [6.45, 7) is 3.48. The van der Waals surface area contributed by atoms with E-state index < -0.39 is 17.9 Å². The third-order valence-corrected chi connectivity index (χ3v) is 3.48. The van der Waals surface area contributed by atoms with Crippen molar-refractivity contribution in [3.05, 3.63) is 46.7 Å². The van der Waals surface area contributed by atoms with Crippen molar-refractivity contribution in [3.8, 4) is 0 Å². The monoisotopic (exact) mass is 344 g/mol. The molecule has 1 atom stereocenters. The van der Waals surface area contributed by atoms with Crippen LogP contribution in [-0.4, -0.2) is 9.97 Å². The van der Waals surface area contributed by atoms with Gasteiger partial charge in [0.25, 0.3) is 0 Å². The molecule has 1 heterocycles. The van der Waals surface area contributed by atoms with E-state index in [1.165, 1.54) is 0 Å². The number of aromatic nitrogens is 2. The van der Waals surface area contributed by atoms with Gasteiger partial charge in [-0.3, -0.25) is 0 Å². The molecule has 1 unspecified atom stereocenters. The van der Waals surface area contributed by atoms with E-state index in [2.05, 4.69) is 15.3 Å². The molecule has 1 aromatic heterocycles. The van der Waals surface area contributed by atoms with Crippen LogP contribution in [-0.2, 0) is 6.18 Å². The van der Waals surface area contributed by atoms with Gasteiger partial charge in [-0.25, -0.2) is 9.97 Å². The van der Waals surface area contributed by atoms with Crippen LogP contribution in [0.3, 0.4) is 0 Å². The Balaban J connectivity index is 2.40. The highest BCUT2D eigenvalue weighted by Gasteiger charge is 2.38. The Morgan fingerprint density at radius 3 is 2.52 bits per heavy atom. The Kier molecular flexibility index (Phi) is 5.11. The van der Waals surface area contributed by atoms with E-state index in [9.17, 15) is 13.2 Å².